The number of carbonyl (C=O) groups is 1. The minimum atomic E-state index is -4.49. The SMILES string of the molecule is C=C(N=C(C)C(F)(F)F)C(C)=O. The van der Waals surface area contributed by atoms with E-state index in [-0.39, 0.29) is 5.70 Å². The Hall–Kier alpha value is -1.13. The summed E-state index contributed by atoms with van der Waals surface area (Å²) < 4.78 is 35.4. The predicted molar refractivity (Wildman–Crippen MR) is 39.0 cm³/mol. The van der Waals surface area contributed by atoms with E-state index in [1.807, 2.05) is 0 Å². The molecule has 0 spiro atoms. The summed E-state index contributed by atoms with van der Waals surface area (Å²) in [7, 11) is 0. The maximum absolute atomic E-state index is 11.8. The van der Waals surface area contributed by atoms with Crippen LogP contribution in [0.25, 0.3) is 0 Å². The summed E-state index contributed by atoms with van der Waals surface area (Å²) in [6, 6.07) is 0. The molecule has 0 rings (SSSR count). The van der Waals surface area contributed by atoms with Crippen LogP contribution in [0.5, 0.6) is 0 Å². The van der Waals surface area contributed by atoms with Gasteiger partial charge in [-0.2, -0.15) is 13.2 Å². The molecule has 68 valence electrons. The van der Waals surface area contributed by atoms with E-state index in [0.717, 1.165) is 13.8 Å². The van der Waals surface area contributed by atoms with Gasteiger partial charge in [0.15, 0.2) is 5.78 Å². The Balaban J connectivity index is 4.59. The van der Waals surface area contributed by atoms with Gasteiger partial charge < -0.3 is 0 Å². The zero-order valence-corrected chi connectivity index (χ0v) is 6.70. The third kappa shape index (κ3) is 3.32. The quantitative estimate of drug-likeness (QED) is 0.471. The van der Waals surface area contributed by atoms with Crippen molar-refractivity contribution < 1.29 is 18.0 Å². The molecule has 0 aliphatic heterocycles. The molecule has 0 aromatic heterocycles. The van der Waals surface area contributed by atoms with E-state index in [2.05, 4.69) is 11.6 Å². The van der Waals surface area contributed by atoms with Crippen molar-refractivity contribution in [2.24, 2.45) is 4.99 Å². The van der Waals surface area contributed by atoms with E-state index >= 15 is 0 Å². The van der Waals surface area contributed by atoms with Crippen molar-refractivity contribution >= 4 is 11.5 Å². The second-order valence-electron chi connectivity index (χ2n) is 2.20. The Morgan fingerprint density at radius 3 is 2.00 bits per heavy atom. The molecule has 0 heterocycles. The van der Waals surface area contributed by atoms with Gasteiger partial charge in [0.1, 0.15) is 5.71 Å². The van der Waals surface area contributed by atoms with Gasteiger partial charge in [-0.15, -0.1) is 0 Å². The summed E-state index contributed by atoms with van der Waals surface area (Å²) in [6.45, 7) is 4.96. The highest BCUT2D eigenvalue weighted by Gasteiger charge is 2.32. The van der Waals surface area contributed by atoms with Gasteiger partial charge in [-0.3, -0.25) is 4.79 Å². The molecule has 0 fully saturated rings. The molecule has 0 saturated heterocycles. The number of carbonyl (C=O) groups excluding carboxylic acids is 1. The zero-order chi connectivity index (χ0) is 9.94. The van der Waals surface area contributed by atoms with Crippen LogP contribution in [0.3, 0.4) is 0 Å². The van der Waals surface area contributed by atoms with Crippen LogP contribution >= 0.6 is 0 Å². The van der Waals surface area contributed by atoms with Crippen LogP contribution in [0.1, 0.15) is 13.8 Å². The third-order valence-electron chi connectivity index (χ3n) is 1.12. The predicted octanol–water partition coefficient (Wildman–Crippen LogP) is 2.11. The van der Waals surface area contributed by atoms with Crippen molar-refractivity contribution in [3.63, 3.8) is 0 Å². The summed E-state index contributed by atoms with van der Waals surface area (Å²) in [4.78, 5) is 13.4. The lowest BCUT2D eigenvalue weighted by atomic mass is 10.3. The molecule has 0 bridgehead atoms. The smallest absolute Gasteiger partial charge is 0.293 e. The summed E-state index contributed by atoms with van der Waals surface area (Å²) in [5.41, 5.74) is -1.45. The van der Waals surface area contributed by atoms with E-state index < -0.39 is 17.7 Å². The Morgan fingerprint density at radius 1 is 1.33 bits per heavy atom. The topological polar surface area (TPSA) is 29.4 Å². The highest BCUT2D eigenvalue weighted by atomic mass is 19.4. The van der Waals surface area contributed by atoms with Gasteiger partial charge in [0.05, 0.1) is 5.70 Å². The molecule has 12 heavy (non-hydrogen) atoms. The fraction of sp³-hybridized carbons (Fsp3) is 0.429. The molecule has 5 heteroatoms. The zero-order valence-electron chi connectivity index (χ0n) is 6.70. The van der Waals surface area contributed by atoms with Crippen LogP contribution in [0.15, 0.2) is 17.3 Å². The van der Waals surface area contributed by atoms with Gasteiger partial charge in [-0.1, -0.05) is 6.58 Å². The van der Waals surface area contributed by atoms with Gasteiger partial charge in [0.25, 0.3) is 0 Å². The van der Waals surface area contributed by atoms with Crippen LogP contribution in [-0.2, 0) is 4.79 Å². The number of alkyl halides is 3. The van der Waals surface area contributed by atoms with E-state index in [0.29, 0.717) is 0 Å². The molecule has 0 unspecified atom stereocenters. The largest absolute Gasteiger partial charge is 0.429 e. The van der Waals surface area contributed by atoms with E-state index in [1.165, 1.54) is 0 Å². The summed E-state index contributed by atoms with van der Waals surface area (Å²) in [5.74, 6) is -0.571. The van der Waals surface area contributed by atoms with Crippen LogP contribution in [0, 0.1) is 0 Å². The lowest BCUT2D eigenvalue weighted by Crippen LogP contribution is -2.19. The van der Waals surface area contributed by atoms with Crippen molar-refractivity contribution in [1.29, 1.82) is 0 Å². The first-order valence-electron chi connectivity index (χ1n) is 3.07. The van der Waals surface area contributed by atoms with Gasteiger partial charge >= 0.3 is 6.18 Å². The van der Waals surface area contributed by atoms with Crippen molar-refractivity contribution in [3.8, 4) is 0 Å². The monoisotopic (exact) mass is 179 g/mol. The molecular weight excluding hydrogens is 171 g/mol. The molecule has 0 aliphatic carbocycles. The first kappa shape index (κ1) is 10.9. The van der Waals surface area contributed by atoms with Gasteiger partial charge in [0.2, 0.25) is 0 Å². The number of ketones is 1. The summed E-state index contributed by atoms with van der Waals surface area (Å²) >= 11 is 0. The van der Waals surface area contributed by atoms with Crippen LogP contribution in [0.2, 0.25) is 0 Å². The summed E-state index contributed by atoms with van der Waals surface area (Å²) in [5, 5.41) is 0. The average Bonchev–Trinajstić information content (AvgIpc) is 1.85. The van der Waals surface area contributed by atoms with Crippen molar-refractivity contribution in [3.05, 3.63) is 12.3 Å². The first-order valence-corrected chi connectivity index (χ1v) is 3.07. The Bertz CT molecular complexity index is 240. The van der Waals surface area contributed by atoms with E-state index in [4.69, 9.17) is 0 Å². The standard InChI is InChI=1S/C7H8F3NO/c1-4(5(2)12)11-6(3)7(8,9)10/h1H2,2-3H3. The molecule has 0 N–H and O–H groups in total. The number of rotatable bonds is 2. The normalized spacial score (nSPS) is 12.9. The molecule has 0 atom stereocenters. The molecule has 0 saturated carbocycles. The second kappa shape index (κ2) is 3.51. The Kier molecular flexibility index (Phi) is 3.18. The fourth-order valence-electron chi connectivity index (χ4n) is 0.345. The Morgan fingerprint density at radius 2 is 1.75 bits per heavy atom. The number of nitrogens with zero attached hydrogens (tertiary/aromatic N) is 1. The first-order chi connectivity index (χ1) is 5.25. The maximum Gasteiger partial charge on any atom is 0.429 e. The minimum absolute atomic E-state index is 0.384. The molecule has 0 aromatic carbocycles. The number of allylic oxidation sites excluding steroid dienone is 1. The number of hydrogen-bond acceptors (Lipinski definition) is 2. The molecule has 0 aromatic rings. The molecule has 0 amide bonds. The second-order valence-corrected chi connectivity index (χ2v) is 2.20. The fourth-order valence-corrected chi connectivity index (χ4v) is 0.345. The van der Waals surface area contributed by atoms with Gasteiger partial charge in [-0.25, -0.2) is 4.99 Å². The van der Waals surface area contributed by atoms with E-state index in [9.17, 15) is 18.0 Å². The maximum atomic E-state index is 11.8. The van der Waals surface area contributed by atoms with Crippen LogP contribution in [-0.4, -0.2) is 17.7 Å². The van der Waals surface area contributed by atoms with Crippen LogP contribution in [0.4, 0.5) is 13.2 Å². The summed E-state index contributed by atoms with van der Waals surface area (Å²) in [6.07, 6.45) is -4.49. The molecule has 0 radical (unpaired) electrons. The van der Waals surface area contributed by atoms with Gasteiger partial charge in [-0.05, 0) is 6.92 Å². The molecule has 2 nitrogen and oxygen atoms in total. The van der Waals surface area contributed by atoms with Crippen molar-refractivity contribution in [2.75, 3.05) is 0 Å². The van der Waals surface area contributed by atoms with Gasteiger partial charge in [0, 0.05) is 6.92 Å². The highest BCUT2D eigenvalue weighted by molar-refractivity contribution is 5.97. The molecule has 0 aliphatic rings. The number of hydrogen-bond donors (Lipinski definition) is 0. The lowest BCUT2D eigenvalue weighted by molar-refractivity contribution is -0.113. The molecular formula is C7H8F3NO. The number of aliphatic imine (C=N–C) groups is 1. The van der Waals surface area contributed by atoms with E-state index in [1.54, 1.807) is 0 Å². The number of halogens is 3. The number of Topliss-reactive ketones (excluding diaryl/α,β-unsaturated/α-hetero) is 1. The average molecular weight is 179 g/mol. The minimum Gasteiger partial charge on any atom is -0.293 e. The van der Waals surface area contributed by atoms with Crippen molar-refractivity contribution in [2.45, 2.75) is 20.0 Å². The van der Waals surface area contributed by atoms with Crippen LogP contribution < -0.4 is 0 Å². The third-order valence-corrected chi connectivity index (χ3v) is 1.12. The Labute approximate surface area is 67.8 Å². The highest BCUT2D eigenvalue weighted by Crippen LogP contribution is 2.17. The lowest BCUT2D eigenvalue weighted by Gasteiger charge is -2.04. The van der Waals surface area contributed by atoms with Crippen molar-refractivity contribution in [1.82, 2.24) is 0 Å².